The van der Waals surface area contributed by atoms with Crippen LogP contribution in [0.5, 0.6) is 0 Å². The van der Waals surface area contributed by atoms with Gasteiger partial charge in [0.05, 0.1) is 17.3 Å². The minimum Gasteiger partial charge on any atom is -0.450 e. The average Bonchev–Trinajstić information content (AvgIpc) is 2.85. The number of hydrogen-bond acceptors (Lipinski definition) is 5. The molecule has 0 spiro atoms. The van der Waals surface area contributed by atoms with Crippen molar-refractivity contribution in [3.8, 4) is 0 Å². The van der Waals surface area contributed by atoms with Gasteiger partial charge in [0.25, 0.3) is 0 Å². The monoisotopic (exact) mass is 410 g/mol. The van der Waals surface area contributed by atoms with Gasteiger partial charge in [0.2, 0.25) is 0 Å². The van der Waals surface area contributed by atoms with Gasteiger partial charge in [-0.15, -0.1) is 0 Å². The number of ether oxygens (including phenoxy) is 1. The first-order valence-corrected chi connectivity index (χ1v) is 7.90. The van der Waals surface area contributed by atoms with E-state index in [0.717, 1.165) is 12.3 Å². The zero-order valence-corrected chi connectivity index (χ0v) is 14.0. The number of hydrogen-bond donors (Lipinski definition) is 1. The number of aryl methyl sites for hydroxylation is 1. The number of carboxylic acid groups (broad SMARTS) is 1. The van der Waals surface area contributed by atoms with Gasteiger partial charge in [0, 0.05) is 12.6 Å². The van der Waals surface area contributed by atoms with E-state index in [1.54, 1.807) is 0 Å². The maximum absolute atomic E-state index is 13.9. The molecule has 2 aromatic rings. The van der Waals surface area contributed by atoms with Crippen molar-refractivity contribution in [2.75, 3.05) is 0 Å². The summed E-state index contributed by atoms with van der Waals surface area (Å²) >= 11 is 5.59. The van der Waals surface area contributed by atoms with Crippen molar-refractivity contribution < 1.29 is 32.2 Å². The van der Waals surface area contributed by atoms with Gasteiger partial charge < -0.3 is 9.84 Å². The Morgan fingerprint density at radius 3 is 2.74 bits per heavy atom. The minimum atomic E-state index is -4.79. The summed E-state index contributed by atoms with van der Waals surface area (Å²) < 4.78 is 59.1. The summed E-state index contributed by atoms with van der Waals surface area (Å²) in [7, 11) is 0. The van der Waals surface area contributed by atoms with Crippen molar-refractivity contribution in [1.29, 1.82) is 0 Å². The van der Waals surface area contributed by atoms with Crippen molar-refractivity contribution >= 4 is 17.8 Å². The van der Waals surface area contributed by atoms with E-state index in [1.807, 2.05) is 0 Å². The first kappa shape index (κ1) is 19.1. The molecule has 2 aromatic heterocycles. The summed E-state index contributed by atoms with van der Waals surface area (Å²) in [6.45, 7) is -0.474. The molecule has 13 heteroatoms. The Morgan fingerprint density at radius 1 is 1.44 bits per heavy atom. The highest BCUT2D eigenvalue weighted by atomic mass is 35.5. The second-order valence-electron chi connectivity index (χ2n) is 5.77. The summed E-state index contributed by atoms with van der Waals surface area (Å²) in [6.07, 6.45) is -8.48. The van der Waals surface area contributed by atoms with Crippen LogP contribution in [0.15, 0.2) is 17.1 Å². The highest BCUT2D eigenvalue weighted by Gasteiger charge is 2.51. The van der Waals surface area contributed by atoms with Crippen molar-refractivity contribution in [2.45, 2.75) is 31.8 Å². The topological polar surface area (TPSA) is 99.2 Å². The maximum atomic E-state index is 13.9. The van der Waals surface area contributed by atoms with Crippen LogP contribution in [0.1, 0.15) is 24.2 Å². The zero-order valence-electron chi connectivity index (χ0n) is 13.3. The van der Waals surface area contributed by atoms with Crippen molar-refractivity contribution in [3.05, 3.63) is 45.1 Å². The van der Waals surface area contributed by atoms with Crippen LogP contribution < -0.4 is 5.69 Å². The predicted octanol–water partition coefficient (Wildman–Crippen LogP) is 2.60. The van der Waals surface area contributed by atoms with Gasteiger partial charge in [-0.2, -0.15) is 18.3 Å². The number of alkyl halides is 3. The lowest BCUT2D eigenvalue weighted by atomic mass is 9.96. The fourth-order valence-corrected chi connectivity index (χ4v) is 3.01. The lowest BCUT2D eigenvalue weighted by molar-refractivity contribution is -0.220. The molecule has 1 N–H and O–H groups in total. The zero-order chi connectivity index (χ0) is 19.9. The number of aromatic nitrogens is 4. The fraction of sp³-hybridized carbons (Fsp3) is 0.429. The third-order valence-electron chi connectivity index (χ3n) is 4.04. The largest absolute Gasteiger partial charge is 0.507 e. The van der Waals surface area contributed by atoms with E-state index in [4.69, 9.17) is 16.7 Å². The molecule has 2 atom stereocenters. The van der Waals surface area contributed by atoms with Crippen LogP contribution in [0.4, 0.5) is 22.4 Å². The van der Waals surface area contributed by atoms with Crippen molar-refractivity contribution in [1.82, 2.24) is 19.3 Å². The van der Waals surface area contributed by atoms with E-state index >= 15 is 0 Å². The van der Waals surface area contributed by atoms with E-state index < -0.39 is 49.0 Å². The van der Waals surface area contributed by atoms with E-state index in [2.05, 4.69) is 14.8 Å². The number of fused-ring (bicyclic) bond motifs is 1. The highest BCUT2D eigenvalue weighted by molar-refractivity contribution is 6.30. The number of pyridine rings is 1. The Kier molecular flexibility index (Phi) is 4.84. The summed E-state index contributed by atoms with van der Waals surface area (Å²) in [4.78, 5) is 27.1. The van der Waals surface area contributed by atoms with Gasteiger partial charge in [-0.3, -0.25) is 4.98 Å². The summed E-state index contributed by atoms with van der Waals surface area (Å²) in [5.74, 6) is -3.13. The summed E-state index contributed by atoms with van der Waals surface area (Å²) in [5.41, 5.74) is -1.28. The van der Waals surface area contributed by atoms with Crippen LogP contribution in [-0.2, 0) is 17.7 Å². The summed E-state index contributed by atoms with van der Waals surface area (Å²) in [6, 6.07) is 0.959. The van der Waals surface area contributed by atoms with Gasteiger partial charge in [-0.05, 0) is 12.5 Å². The fourth-order valence-electron chi connectivity index (χ4n) is 2.87. The molecule has 27 heavy (non-hydrogen) atoms. The highest BCUT2D eigenvalue weighted by Crippen LogP contribution is 2.41. The molecule has 0 bridgehead atoms. The number of halogens is 5. The van der Waals surface area contributed by atoms with Gasteiger partial charge in [0.15, 0.2) is 6.23 Å². The van der Waals surface area contributed by atoms with E-state index in [9.17, 15) is 27.2 Å². The molecule has 1 aliphatic rings. The molecule has 0 saturated heterocycles. The van der Waals surface area contributed by atoms with E-state index in [0.29, 0.717) is 9.25 Å². The standard InChI is InChI=1S/C14H11ClF4N4O4/c15-6-3-8(16)9(20-4-6)5-22-12(24)23-10(21-22)2-1-7(14(17,18)19)11(23)27-13(25)26/h3-4,7,11H,1-2,5H2,(H,25,26). The van der Waals surface area contributed by atoms with Gasteiger partial charge >= 0.3 is 18.0 Å². The molecular formula is C14H11ClF4N4O4. The molecule has 0 fully saturated rings. The molecule has 3 heterocycles. The Hall–Kier alpha value is -2.63. The van der Waals surface area contributed by atoms with Crippen LogP contribution in [0, 0.1) is 11.7 Å². The molecule has 0 amide bonds. The lowest BCUT2D eigenvalue weighted by Gasteiger charge is -2.31. The van der Waals surface area contributed by atoms with Crippen LogP contribution in [0.2, 0.25) is 5.02 Å². The Balaban J connectivity index is 2.02. The Labute approximate surface area is 152 Å². The molecule has 3 rings (SSSR count). The Bertz CT molecular complexity index is 942. The van der Waals surface area contributed by atoms with Crippen molar-refractivity contribution in [3.63, 3.8) is 0 Å². The second kappa shape index (κ2) is 6.83. The number of nitrogens with zero attached hydrogens (tertiary/aromatic N) is 4. The molecular weight excluding hydrogens is 400 g/mol. The lowest BCUT2D eigenvalue weighted by Crippen LogP contribution is -2.43. The van der Waals surface area contributed by atoms with Crippen molar-refractivity contribution in [2.24, 2.45) is 5.92 Å². The Morgan fingerprint density at radius 2 is 2.15 bits per heavy atom. The smallest absolute Gasteiger partial charge is 0.450 e. The average molecular weight is 411 g/mol. The molecule has 1 aliphatic heterocycles. The quantitative estimate of drug-likeness (QED) is 0.617. The molecule has 8 nitrogen and oxygen atoms in total. The van der Waals surface area contributed by atoms with Gasteiger partial charge in [-0.1, -0.05) is 11.6 Å². The van der Waals surface area contributed by atoms with E-state index in [-0.39, 0.29) is 23.0 Å². The van der Waals surface area contributed by atoms with Crippen LogP contribution in [0.25, 0.3) is 0 Å². The molecule has 0 saturated carbocycles. The first-order valence-electron chi connectivity index (χ1n) is 7.52. The van der Waals surface area contributed by atoms with Crippen LogP contribution >= 0.6 is 11.6 Å². The summed E-state index contributed by atoms with van der Waals surface area (Å²) in [5, 5.41) is 12.7. The first-order chi connectivity index (χ1) is 12.6. The second-order valence-corrected chi connectivity index (χ2v) is 6.21. The number of carbonyl (C=O) groups is 1. The van der Waals surface area contributed by atoms with Gasteiger partial charge in [-0.25, -0.2) is 23.2 Å². The molecule has 146 valence electrons. The SMILES string of the molecule is O=C(O)OC1C(C(F)(F)F)CCc2nn(Cc3ncc(Cl)cc3F)c(=O)n21. The molecule has 0 radical (unpaired) electrons. The third kappa shape index (κ3) is 3.75. The third-order valence-corrected chi connectivity index (χ3v) is 4.25. The maximum Gasteiger partial charge on any atom is 0.507 e. The molecule has 2 unspecified atom stereocenters. The molecule has 0 aliphatic carbocycles. The van der Waals surface area contributed by atoms with Crippen LogP contribution in [0.3, 0.4) is 0 Å². The van der Waals surface area contributed by atoms with Gasteiger partial charge in [0.1, 0.15) is 17.6 Å². The number of rotatable bonds is 3. The predicted molar refractivity (Wildman–Crippen MR) is 80.8 cm³/mol. The normalized spacial score (nSPS) is 19.6. The van der Waals surface area contributed by atoms with E-state index in [1.165, 1.54) is 0 Å². The van der Waals surface area contributed by atoms with Crippen LogP contribution in [-0.4, -0.2) is 36.8 Å². The molecule has 0 aromatic carbocycles. The minimum absolute atomic E-state index is 0.0238.